The molecule has 0 aliphatic rings. The number of hydrogen-bond donors (Lipinski definition) is 0. The second-order valence-corrected chi connectivity index (χ2v) is 4.08. The van der Waals surface area contributed by atoms with Gasteiger partial charge < -0.3 is 4.90 Å². The average Bonchev–Trinajstić information content (AvgIpc) is 2.42. The van der Waals surface area contributed by atoms with E-state index in [1.54, 1.807) is 24.4 Å². The number of carbonyl (C=O) groups is 1. The summed E-state index contributed by atoms with van der Waals surface area (Å²) in [6.07, 6.45) is 1.61. The van der Waals surface area contributed by atoms with Crippen LogP contribution in [0.25, 0.3) is 0 Å². The molecular formula is C14H12F2N2O. The monoisotopic (exact) mass is 262 g/mol. The summed E-state index contributed by atoms with van der Waals surface area (Å²) >= 11 is 0. The molecule has 19 heavy (non-hydrogen) atoms. The summed E-state index contributed by atoms with van der Waals surface area (Å²) < 4.78 is 26.6. The van der Waals surface area contributed by atoms with E-state index in [-0.39, 0.29) is 12.1 Å². The normalized spacial score (nSPS) is 10.3. The minimum atomic E-state index is -1.12. The molecule has 2 rings (SSSR count). The lowest BCUT2D eigenvalue weighted by Gasteiger charge is -2.17. The van der Waals surface area contributed by atoms with Crippen molar-refractivity contribution in [3.63, 3.8) is 0 Å². The van der Waals surface area contributed by atoms with Gasteiger partial charge in [0.2, 0.25) is 0 Å². The zero-order valence-electron chi connectivity index (χ0n) is 10.3. The third kappa shape index (κ3) is 2.93. The van der Waals surface area contributed by atoms with Crippen molar-refractivity contribution in [3.8, 4) is 0 Å². The van der Waals surface area contributed by atoms with Crippen LogP contribution in [-0.2, 0) is 6.54 Å². The largest absolute Gasteiger partial charge is 0.336 e. The Morgan fingerprint density at radius 2 is 2.00 bits per heavy atom. The highest BCUT2D eigenvalue weighted by atomic mass is 19.2. The van der Waals surface area contributed by atoms with Crippen LogP contribution >= 0.6 is 0 Å². The highest BCUT2D eigenvalue weighted by molar-refractivity contribution is 5.94. The number of pyridine rings is 1. The number of halogens is 2. The van der Waals surface area contributed by atoms with E-state index >= 15 is 0 Å². The van der Waals surface area contributed by atoms with Crippen LogP contribution in [0.3, 0.4) is 0 Å². The first kappa shape index (κ1) is 13.1. The summed E-state index contributed by atoms with van der Waals surface area (Å²) in [6, 6.07) is 8.85. The fourth-order valence-corrected chi connectivity index (χ4v) is 1.68. The molecule has 1 aromatic heterocycles. The van der Waals surface area contributed by atoms with Crippen LogP contribution in [0.2, 0.25) is 0 Å². The minimum absolute atomic E-state index is 0.232. The summed E-state index contributed by atoms with van der Waals surface area (Å²) in [4.78, 5) is 17.4. The van der Waals surface area contributed by atoms with Crippen LogP contribution in [-0.4, -0.2) is 22.8 Å². The maximum atomic E-state index is 13.5. The fraction of sp³-hybridized carbons (Fsp3) is 0.143. The predicted molar refractivity (Wildman–Crippen MR) is 66.4 cm³/mol. The summed E-state index contributed by atoms with van der Waals surface area (Å²) in [6.45, 7) is 0.232. The van der Waals surface area contributed by atoms with Gasteiger partial charge in [-0.15, -0.1) is 0 Å². The highest BCUT2D eigenvalue weighted by Crippen LogP contribution is 2.14. The smallest absolute Gasteiger partial charge is 0.257 e. The Balaban J connectivity index is 2.18. The summed E-state index contributed by atoms with van der Waals surface area (Å²) in [7, 11) is 1.52. The Kier molecular flexibility index (Phi) is 3.85. The summed E-state index contributed by atoms with van der Waals surface area (Å²) in [5, 5.41) is 0. The summed E-state index contributed by atoms with van der Waals surface area (Å²) in [5.74, 6) is -2.74. The van der Waals surface area contributed by atoms with Crippen molar-refractivity contribution in [1.29, 1.82) is 0 Å². The number of aromatic nitrogens is 1. The molecule has 1 heterocycles. The third-order valence-corrected chi connectivity index (χ3v) is 2.65. The molecule has 1 aromatic carbocycles. The maximum absolute atomic E-state index is 13.5. The molecule has 0 spiro atoms. The summed E-state index contributed by atoms with van der Waals surface area (Å²) in [5.41, 5.74) is 0.397. The van der Waals surface area contributed by atoms with Gasteiger partial charge >= 0.3 is 0 Å². The molecule has 0 aliphatic carbocycles. The third-order valence-electron chi connectivity index (χ3n) is 2.65. The van der Waals surface area contributed by atoms with Crippen molar-refractivity contribution in [1.82, 2.24) is 9.88 Å². The van der Waals surface area contributed by atoms with Gasteiger partial charge in [-0.25, -0.2) is 8.78 Å². The van der Waals surface area contributed by atoms with Crippen molar-refractivity contribution < 1.29 is 13.6 Å². The van der Waals surface area contributed by atoms with Gasteiger partial charge in [0, 0.05) is 13.2 Å². The van der Waals surface area contributed by atoms with E-state index in [4.69, 9.17) is 0 Å². The molecule has 0 unspecified atom stereocenters. The van der Waals surface area contributed by atoms with E-state index in [9.17, 15) is 13.6 Å². The zero-order valence-corrected chi connectivity index (χ0v) is 10.3. The first-order valence-corrected chi connectivity index (χ1v) is 5.69. The maximum Gasteiger partial charge on any atom is 0.257 e. The standard InChI is InChI=1S/C14H12F2N2O/c1-18(9-10-5-2-3-8-17-10)14(19)11-6-4-7-12(15)13(11)16/h2-8H,9H2,1H3. The van der Waals surface area contributed by atoms with Crippen molar-refractivity contribution >= 4 is 5.91 Å². The Morgan fingerprint density at radius 1 is 1.21 bits per heavy atom. The molecule has 98 valence electrons. The van der Waals surface area contributed by atoms with Gasteiger partial charge in [0.25, 0.3) is 5.91 Å². The molecule has 0 atom stereocenters. The van der Waals surface area contributed by atoms with E-state index in [2.05, 4.69) is 4.98 Å². The van der Waals surface area contributed by atoms with Crippen LogP contribution in [0, 0.1) is 11.6 Å². The van der Waals surface area contributed by atoms with Gasteiger partial charge in [-0.05, 0) is 24.3 Å². The van der Waals surface area contributed by atoms with Crippen LogP contribution in [0.4, 0.5) is 8.78 Å². The lowest BCUT2D eigenvalue weighted by molar-refractivity contribution is 0.0777. The Morgan fingerprint density at radius 3 is 2.68 bits per heavy atom. The first-order chi connectivity index (χ1) is 9.09. The molecular weight excluding hydrogens is 250 g/mol. The number of carbonyl (C=O) groups excluding carboxylic acids is 1. The number of nitrogens with zero attached hydrogens (tertiary/aromatic N) is 2. The zero-order chi connectivity index (χ0) is 13.8. The van der Waals surface area contributed by atoms with Crippen molar-refractivity contribution in [3.05, 3.63) is 65.5 Å². The number of rotatable bonds is 3. The number of benzene rings is 1. The number of hydrogen-bond acceptors (Lipinski definition) is 2. The van der Waals surface area contributed by atoms with Crippen molar-refractivity contribution in [2.75, 3.05) is 7.05 Å². The molecule has 0 radical (unpaired) electrons. The van der Waals surface area contributed by atoms with Crippen LogP contribution < -0.4 is 0 Å². The Bertz CT molecular complexity index is 587. The number of amides is 1. The van der Waals surface area contributed by atoms with E-state index < -0.39 is 17.5 Å². The fourth-order valence-electron chi connectivity index (χ4n) is 1.68. The van der Waals surface area contributed by atoms with Gasteiger partial charge in [-0.3, -0.25) is 9.78 Å². The SMILES string of the molecule is CN(Cc1ccccn1)C(=O)c1cccc(F)c1F. The van der Waals surface area contributed by atoms with Gasteiger partial charge in [0.05, 0.1) is 17.8 Å². The molecule has 1 amide bonds. The molecule has 0 bridgehead atoms. The molecule has 3 nitrogen and oxygen atoms in total. The molecule has 2 aromatic rings. The molecule has 0 N–H and O–H groups in total. The highest BCUT2D eigenvalue weighted by Gasteiger charge is 2.18. The second kappa shape index (κ2) is 5.56. The quantitative estimate of drug-likeness (QED) is 0.852. The van der Waals surface area contributed by atoms with Crippen LogP contribution in [0.15, 0.2) is 42.6 Å². The lowest BCUT2D eigenvalue weighted by atomic mass is 10.1. The van der Waals surface area contributed by atoms with Crippen LogP contribution in [0.5, 0.6) is 0 Å². The minimum Gasteiger partial charge on any atom is -0.336 e. The molecule has 0 saturated carbocycles. The van der Waals surface area contributed by atoms with Gasteiger partial charge in [0.15, 0.2) is 11.6 Å². The first-order valence-electron chi connectivity index (χ1n) is 5.69. The molecule has 0 fully saturated rings. The van der Waals surface area contributed by atoms with Gasteiger partial charge in [-0.1, -0.05) is 12.1 Å². The van der Waals surface area contributed by atoms with Crippen molar-refractivity contribution in [2.24, 2.45) is 0 Å². The predicted octanol–water partition coefficient (Wildman–Crippen LogP) is 2.63. The van der Waals surface area contributed by atoms with Crippen molar-refractivity contribution in [2.45, 2.75) is 6.54 Å². The average molecular weight is 262 g/mol. The molecule has 0 aliphatic heterocycles. The Hall–Kier alpha value is -2.30. The van der Waals surface area contributed by atoms with E-state index in [1.165, 1.54) is 24.1 Å². The van der Waals surface area contributed by atoms with E-state index in [0.717, 1.165) is 6.07 Å². The van der Waals surface area contributed by atoms with E-state index in [1.807, 2.05) is 0 Å². The topological polar surface area (TPSA) is 33.2 Å². The lowest BCUT2D eigenvalue weighted by Crippen LogP contribution is -2.27. The molecule has 0 saturated heterocycles. The second-order valence-electron chi connectivity index (χ2n) is 4.08. The van der Waals surface area contributed by atoms with Crippen LogP contribution in [0.1, 0.15) is 16.1 Å². The van der Waals surface area contributed by atoms with Gasteiger partial charge in [0.1, 0.15) is 0 Å². The molecule has 5 heteroatoms. The van der Waals surface area contributed by atoms with Gasteiger partial charge in [-0.2, -0.15) is 0 Å². The van der Waals surface area contributed by atoms with E-state index in [0.29, 0.717) is 5.69 Å². The Labute approximate surface area is 109 Å².